The Morgan fingerprint density at radius 1 is 1.17 bits per heavy atom. The normalized spacial score (nSPS) is 19.0. The Labute approximate surface area is 194 Å². The summed E-state index contributed by atoms with van der Waals surface area (Å²) in [7, 11) is 0. The third-order valence-electron chi connectivity index (χ3n) is 4.76. The Morgan fingerprint density at radius 2 is 1.79 bits per heavy atom. The van der Waals surface area contributed by atoms with Crippen molar-refractivity contribution in [2.75, 3.05) is 0 Å². The first-order chi connectivity index (χ1) is 13.3. The number of carbonyl (C=O) groups excluding carboxylic acids is 3. The number of amidine groups is 1. The molecule has 0 saturated carbocycles. The molecule has 0 fully saturated rings. The van der Waals surface area contributed by atoms with Gasteiger partial charge in [-0.3, -0.25) is 14.4 Å². The van der Waals surface area contributed by atoms with Crippen LogP contribution in [0.15, 0.2) is 35.3 Å². The third-order valence-corrected chi connectivity index (χ3v) is 4.76. The van der Waals surface area contributed by atoms with E-state index in [1.807, 2.05) is 39.0 Å². The van der Waals surface area contributed by atoms with Gasteiger partial charge in [-0.2, -0.15) is 0 Å². The van der Waals surface area contributed by atoms with Crippen molar-refractivity contribution >= 4 is 23.8 Å². The molecule has 2 atom stereocenters. The number of amides is 2. The third kappa shape index (κ3) is 7.57. The summed E-state index contributed by atoms with van der Waals surface area (Å²) in [6, 6.07) is 8.27. The maximum atomic E-state index is 11.9. The average molecular weight is 412 g/mol. The second-order valence-corrected chi connectivity index (χ2v) is 6.73. The predicted octanol–water partition coefficient (Wildman–Crippen LogP) is -0.412. The number of nitrogens with one attached hydrogen (secondary N) is 1. The first kappa shape index (κ1) is 27.3. The average Bonchev–Trinajstić information content (AvgIpc) is 2.63. The summed E-state index contributed by atoms with van der Waals surface area (Å²) in [5.74, 6) is -0.739. The first-order valence-electron chi connectivity index (χ1n) is 9.69. The molecular weight excluding hydrogens is 383 g/mol. The van der Waals surface area contributed by atoms with Crippen molar-refractivity contribution in [3.05, 3.63) is 30.3 Å². The van der Waals surface area contributed by atoms with Crippen LogP contribution in [0, 0.1) is 11.3 Å². The van der Waals surface area contributed by atoms with Crippen molar-refractivity contribution in [1.29, 1.82) is 0 Å². The van der Waals surface area contributed by atoms with Gasteiger partial charge >= 0.3 is 35.5 Å². The zero-order valence-corrected chi connectivity index (χ0v) is 20.0. The van der Waals surface area contributed by atoms with E-state index in [9.17, 15) is 19.5 Å². The van der Waals surface area contributed by atoms with Crippen molar-refractivity contribution in [3.63, 3.8) is 0 Å². The molecule has 0 saturated heterocycles. The van der Waals surface area contributed by atoms with Crippen molar-refractivity contribution in [1.82, 2.24) is 5.32 Å². The standard InChI is InChI=1S/C11H18N2O3.C10H12O2.Na/c1-4-6-7(3)11(5-2)8(14)12-10(16)13-9(11)15;1-2-6-10(11)12-9-7-4-3-5-8-9;/h7H,4-6H2,1-3H3,(H2,12,13,14,15,16);3-5,7-8H,2,6H2,1H3;/q;;+1/p-1. The van der Waals surface area contributed by atoms with Crippen LogP contribution in [0.2, 0.25) is 0 Å². The van der Waals surface area contributed by atoms with E-state index >= 15 is 0 Å². The summed E-state index contributed by atoms with van der Waals surface area (Å²) < 4.78 is 5.02. The minimum atomic E-state index is -1.15. The van der Waals surface area contributed by atoms with Crippen molar-refractivity contribution in [2.24, 2.45) is 16.3 Å². The van der Waals surface area contributed by atoms with E-state index in [2.05, 4.69) is 10.3 Å². The van der Waals surface area contributed by atoms with Gasteiger partial charge in [0.2, 0.25) is 5.91 Å². The number of aliphatic imine (C=N–C) groups is 1. The van der Waals surface area contributed by atoms with E-state index in [-0.39, 0.29) is 41.4 Å². The molecule has 0 spiro atoms. The molecule has 1 aromatic rings. The molecule has 1 aromatic carbocycles. The monoisotopic (exact) mass is 412 g/mol. The molecule has 29 heavy (non-hydrogen) atoms. The second kappa shape index (κ2) is 13.5. The molecule has 2 rings (SSSR count). The van der Waals surface area contributed by atoms with Crippen LogP contribution in [-0.2, 0) is 14.4 Å². The number of carbonyl (C=O) groups is 3. The van der Waals surface area contributed by atoms with Gasteiger partial charge in [0.05, 0.1) is 6.02 Å². The minimum Gasteiger partial charge on any atom is -0.846 e. The van der Waals surface area contributed by atoms with E-state index in [1.54, 1.807) is 19.1 Å². The quantitative estimate of drug-likeness (QED) is 0.283. The number of hydrogen-bond donors (Lipinski definition) is 1. The summed E-state index contributed by atoms with van der Waals surface area (Å²) >= 11 is 0. The van der Waals surface area contributed by atoms with Gasteiger partial charge < -0.3 is 15.2 Å². The number of hydrogen-bond acceptors (Lipinski definition) is 5. The van der Waals surface area contributed by atoms with Crippen LogP contribution in [-0.4, -0.2) is 23.8 Å². The summed E-state index contributed by atoms with van der Waals surface area (Å²) in [5, 5.41) is 13.1. The Morgan fingerprint density at radius 3 is 2.28 bits per heavy atom. The molecule has 8 heteroatoms. The Kier molecular flexibility index (Phi) is 12.7. The largest absolute Gasteiger partial charge is 1.00 e. The molecule has 0 radical (unpaired) electrons. The molecule has 2 amide bonds. The molecule has 1 N–H and O–H groups in total. The Balaban J connectivity index is 0.000000542. The van der Waals surface area contributed by atoms with Crippen molar-refractivity contribution < 1.29 is 53.8 Å². The van der Waals surface area contributed by atoms with Gasteiger partial charge in [-0.15, -0.1) is 0 Å². The van der Waals surface area contributed by atoms with Gasteiger partial charge in [0.1, 0.15) is 11.2 Å². The van der Waals surface area contributed by atoms with Crippen LogP contribution in [0.3, 0.4) is 0 Å². The fourth-order valence-corrected chi connectivity index (χ4v) is 3.18. The van der Waals surface area contributed by atoms with E-state index < -0.39 is 23.3 Å². The van der Waals surface area contributed by atoms with E-state index in [4.69, 9.17) is 4.74 Å². The summed E-state index contributed by atoms with van der Waals surface area (Å²) in [4.78, 5) is 38.0. The summed E-state index contributed by atoms with van der Waals surface area (Å²) in [5.41, 5.74) is -1.15. The van der Waals surface area contributed by atoms with Crippen LogP contribution < -0.4 is 44.7 Å². The molecule has 2 unspecified atom stereocenters. The molecule has 0 aliphatic carbocycles. The zero-order valence-electron chi connectivity index (χ0n) is 18.0. The van der Waals surface area contributed by atoms with E-state index in [0.29, 0.717) is 18.6 Å². The van der Waals surface area contributed by atoms with Gasteiger partial charge in [-0.05, 0) is 37.3 Å². The Bertz CT molecular complexity index is 708. The summed E-state index contributed by atoms with van der Waals surface area (Å²) in [6.07, 6.45) is 3.32. The molecule has 154 valence electrons. The molecule has 0 bridgehead atoms. The first-order valence-corrected chi connectivity index (χ1v) is 9.69. The number of ether oxygens (including phenoxy) is 1. The van der Waals surface area contributed by atoms with Crippen LogP contribution in [0.5, 0.6) is 5.75 Å². The van der Waals surface area contributed by atoms with Crippen LogP contribution in [0.4, 0.5) is 0 Å². The number of benzene rings is 1. The van der Waals surface area contributed by atoms with Gasteiger partial charge in [0.15, 0.2) is 0 Å². The Hall–Kier alpha value is -1.70. The molecule has 0 aromatic heterocycles. The maximum Gasteiger partial charge on any atom is 1.00 e. The van der Waals surface area contributed by atoms with Gasteiger partial charge in [0.25, 0.3) is 5.91 Å². The SMILES string of the molecule is CCCC(=O)Oc1ccccc1.CCCC(C)C1(CC)C(=O)N=C([O-])NC1=O.[Na+]. The van der Waals surface area contributed by atoms with Gasteiger partial charge in [-0.1, -0.05) is 52.3 Å². The summed E-state index contributed by atoms with van der Waals surface area (Å²) in [6.45, 7) is 7.57. The zero-order chi connectivity index (χ0) is 21.2. The smallest absolute Gasteiger partial charge is 0.846 e. The molecule has 7 nitrogen and oxygen atoms in total. The van der Waals surface area contributed by atoms with Crippen molar-refractivity contribution in [3.8, 4) is 5.75 Å². The van der Waals surface area contributed by atoms with E-state index in [1.165, 1.54) is 0 Å². The van der Waals surface area contributed by atoms with Gasteiger partial charge in [0, 0.05) is 6.42 Å². The maximum absolute atomic E-state index is 11.9. The van der Waals surface area contributed by atoms with Crippen molar-refractivity contribution in [2.45, 2.75) is 59.8 Å². The molecular formula is C21H29N2NaO5. The van der Waals surface area contributed by atoms with Crippen LogP contribution >= 0.6 is 0 Å². The fourth-order valence-electron chi connectivity index (χ4n) is 3.18. The minimum absolute atomic E-state index is 0. The number of nitrogens with zero attached hydrogens (tertiary/aromatic N) is 1. The number of para-hydroxylation sites is 1. The van der Waals surface area contributed by atoms with Crippen LogP contribution in [0.1, 0.15) is 59.8 Å². The number of esters is 1. The predicted molar refractivity (Wildman–Crippen MR) is 104 cm³/mol. The molecule has 1 aliphatic rings. The topological polar surface area (TPSA) is 108 Å². The molecule has 1 aliphatic heterocycles. The van der Waals surface area contributed by atoms with E-state index in [0.717, 1.165) is 19.3 Å². The second-order valence-electron chi connectivity index (χ2n) is 6.73. The van der Waals surface area contributed by atoms with Gasteiger partial charge in [-0.25, -0.2) is 4.99 Å². The molecule has 1 heterocycles. The van der Waals surface area contributed by atoms with Crippen LogP contribution in [0.25, 0.3) is 0 Å². The fraction of sp³-hybridized carbons (Fsp3) is 0.524. The number of rotatable bonds is 7.